The predicted molar refractivity (Wildman–Crippen MR) is 61.5 cm³/mol. The van der Waals surface area contributed by atoms with Crippen molar-refractivity contribution in [1.82, 2.24) is 4.90 Å². The lowest BCUT2D eigenvalue weighted by Gasteiger charge is -2.40. The van der Waals surface area contributed by atoms with Gasteiger partial charge in [0.2, 0.25) is 5.91 Å². The fourth-order valence-electron chi connectivity index (χ4n) is 2.25. The molecule has 1 fully saturated rings. The Labute approximate surface area is 91.6 Å². The number of hydrogen-bond donors (Lipinski definition) is 0. The molecule has 2 aliphatic rings. The summed E-state index contributed by atoms with van der Waals surface area (Å²) in [5, 5.41) is 0. The summed E-state index contributed by atoms with van der Waals surface area (Å²) in [6.07, 6.45) is 15.3. The Hall–Kier alpha value is -1.05. The van der Waals surface area contributed by atoms with Gasteiger partial charge in [0.05, 0.1) is 0 Å². The lowest BCUT2D eigenvalue weighted by Crippen LogP contribution is -2.52. The second-order valence-corrected chi connectivity index (χ2v) is 4.33. The first kappa shape index (κ1) is 10.5. The molecule has 0 aromatic rings. The van der Waals surface area contributed by atoms with Gasteiger partial charge >= 0.3 is 0 Å². The Kier molecular flexibility index (Phi) is 3.59. The standard InChI is InChI=1S/C13H19NO/c15-13-11-12-9-7-5-3-1-2-4-6-8-10-14(12)13/h3-6,12H,1-2,7-11H2/b5-3+,6-4+. The van der Waals surface area contributed by atoms with Gasteiger partial charge in [-0.3, -0.25) is 4.79 Å². The molecule has 1 atom stereocenters. The molecule has 2 nitrogen and oxygen atoms in total. The Morgan fingerprint density at radius 2 is 1.67 bits per heavy atom. The van der Waals surface area contributed by atoms with E-state index in [0.717, 1.165) is 45.1 Å². The molecule has 0 aromatic heterocycles. The van der Waals surface area contributed by atoms with E-state index < -0.39 is 0 Å². The van der Waals surface area contributed by atoms with E-state index in [2.05, 4.69) is 24.3 Å². The molecule has 1 saturated heterocycles. The van der Waals surface area contributed by atoms with Crippen LogP contribution in [0.15, 0.2) is 24.3 Å². The normalized spacial score (nSPS) is 31.9. The highest BCUT2D eigenvalue weighted by molar-refractivity contribution is 5.83. The first-order chi connectivity index (χ1) is 7.38. The third-order valence-electron chi connectivity index (χ3n) is 3.21. The van der Waals surface area contributed by atoms with Crippen LogP contribution in [-0.2, 0) is 4.79 Å². The van der Waals surface area contributed by atoms with Crippen molar-refractivity contribution in [2.75, 3.05) is 6.54 Å². The van der Waals surface area contributed by atoms with Gasteiger partial charge in [-0.1, -0.05) is 24.3 Å². The summed E-state index contributed by atoms with van der Waals surface area (Å²) in [5.74, 6) is 0.342. The van der Waals surface area contributed by atoms with Gasteiger partial charge in [0.1, 0.15) is 0 Å². The van der Waals surface area contributed by atoms with Crippen molar-refractivity contribution >= 4 is 5.91 Å². The van der Waals surface area contributed by atoms with Crippen LogP contribution >= 0.6 is 0 Å². The molecule has 2 heteroatoms. The SMILES string of the molecule is O=C1CC2CC/C=C/CC/C=C/CCN12. The van der Waals surface area contributed by atoms with Crippen LogP contribution in [0.4, 0.5) is 0 Å². The smallest absolute Gasteiger partial charge is 0.224 e. The van der Waals surface area contributed by atoms with Crippen molar-refractivity contribution < 1.29 is 4.79 Å². The molecule has 0 aromatic carbocycles. The van der Waals surface area contributed by atoms with Gasteiger partial charge in [0.25, 0.3) is 0 Å². The van der Waals surface area contributed by atoms with Crippen LogP contribution < -0.4 is 0 Å². The summed E-state index contributed by atoms with van der Waals surface area (Å²) in [5.41, 5.74) is 0. The summed E-state index contributed by atoms with van der Waals surface area (Å²) in [6, 6.07) is 0.523. The maximum Gasteiger partial charge on any atom is 0.224 e. The highest BCUT2D eigenvalue weighted by atomic mass is 16.2. The predicted octanol–water partition coefficient (Wildman–Crippen LogP) is 2.66. The van der Waals surface area contributed by atoms with E-state index >= 15 is 0 Å². The Bertz CT molecular complexity index is 280. The Morgan fingerprint density at radius 3 is 2.40 bits per heavy atom. The average molecular weight is 205 g/mol. The van der Waals surface area contributed by atoms with Crippen molar-refractivity contribution in [2.45, 2.75) is 44.6 Å². The molecular formula is C13H19NO. The zero-order valence-electron chi connectivity index (χ0n) is 9.19. The van der Waals surface area contributed by atoms with E-state index in [0.29, 0.717) is 11.9 Å². The van der Waals surface area contributed by atoms with Crippen LogP contribution in [-0.4, -0.2) is 23.4 Å². The number of fused-ring (bicyclic) bond motifs is 1. The van der Waals surface area contributed by atoms with Gasteiger partial charge in [0, 0.05) is 19.0 Å². The van der Waals surface area contributed by atoms with Gasteiger partial charge < -0.3 is 4.90 Å². The minimum Gasteiger partial charge on any atom is -0.339 e. The van der Waals surface area contributed by atoms with Crippen LogP contribution in [0.2, 0.25) is 0 Å². The Morgan fingerprint density at radius 1 is 1.00 bits per heavy atom. The number of allylic oxidation sites excluding steroid dienone is 3. The number of amides is 1. The number of β-lactam (4-membered cyclic amide) rings is 1. The van der Waals surface area contributed by atoms with Gasteiger partial charge in [-0.25, -0.2) is 0 Å². The van der Waals surface area contributed by atoms with Gasteiger partial charge in [0.15, 0.2) is 0 Å². The van der Waals surface area contributed by atoms with E-state index in [4.69, 9.17) is 0 Å². The second-order valence-electron chi connectivity index (χ2n) is 4.33. The molecule has 0 N–H and O–H groups in total. The molecule has 1 unspecified atom stereocenters. The summed E-state index contributed by atoms with van der Waals surface area (Å²) >= 11 is 0. The summed E-state index contributed by atoms with van der Waals surface area (Å²) in [6.45, 7) is 0.920. The minimum absolute atomic E-state index is 0.342. The van der Waals surface area contributed by atoms with Crippen LogP contribution in [0.3, 0.4) is 0 Å². The van der Waals surface area contributed by atoms with E-state index in [9.17, 15) is 4.79 Å². The topological polar surface area (TPSA) is 20.3 Å². The van der Waals surface area contributed by atoms with Crippen molar-refractivity contribution in [3.8, 4) is 0 Å². The Balaban J connectivity index is 1.90. The van der Waals surface area contributed by atoms with E-state index in [1.165, 1.54) is 0 Å². The zero-order valence-corrected chi connectivity index (χ0v) is 9.19. The number of hydrogen-bond acceptors (Lipinski definition) is 1. The first-order valence-corrected chi connectivity index (χ1v) is 5.97. The maximum atomic E-state index is 11.4. The number of carbonyl (C=O) groups is 1. The zero-order chi connectivity index (χ0) is 10.5. The minimum atomic E-state index is 0.342. The molecule has 15 heavy (non-hydrogen) atoms. The number of nitrogens with zero attached hydrogens (tertiary/aromatic N) is 1. The largest absolute Gasteiger partial charge is 0.339 e. The first-order valence-electron chi connectivity index (χ1n) is 5.97. The molecule has 2 aliphatic heterocycles. The monoisotopic (exact) mass is 205 g/mol. The van der Waals surface area contributed by atoms with Crippen molar-refractivity contribution in [3.63, 3.8) is 0 Å². The third kappa shape index (κ3) is 2.71. The van der Waals surface area contributed by atoms with Crippen LogP contribution in [0.1, 0.15) is 38.5 Å². The average Bonchev–Trinajstić information content (AvgIpc) is 2.22. The molecule has 2 rings (SSSR count). The van der Waals surface area contributed by atoms with Crippen molar-refractivity contribution in [2.24, 2.45) is 0 Å². The molecule has 1 amide bonds. The summed E-state index contributed by atoms with van der Waals surface area (Å²) < 4.78 is 0. The quantitative estimate of drug-likeness (QED) is 0.440. The molecule has 0 radical (unpaired) electrons. The summed E-state index contributed by atoms with van der Waals surface area (Å²) in [7, 11) is 0. The second kappa shape index (κ2) is 5.15. The molecule has 0 spiro atoms. The van der Waals surface area contributed by atoms with Crippen LogP contribution in [0.5, 0.6) is 0 Å². The lowest BCUT2D eigenvalue weighted by atomic mass is 9.96. The fourth-order valence-corrected chi connectivity index (χ4v) is 2.25. The molecule has 0 saturated carbocycles. The van der Waals surface area contributed by atoms with Crippen molar-refractivity contribution in [3.05, 3.63) is 24.3 Å². The maximum absolute atomic E-state index is 11.4. The molecule has 2 heterocycles. The lowest BCUT2D eigenvalue weighted by molar-refractivity contribution is -0.146. The number of carbonyl (C=O) groups excluding carboxylic acids is 1. The highest BCUT2D eigenvalue weighted by Crippen LogP contribution is 2.24. The molecule has 0 bridgehead atoms. The molecule has 0 aliphatic carbocycles. The van der Waals surface area contributed by atoms with Gasteiger partial charge in [-0.2, -0.15) is 0 Å². The van der Waals surface area contributed by atoms with E-state index in [1.807, 2.05) is 4.90 Å². The fraction of sp³-hybridized carbons (Fsp3) is 0.615. The molecule has 82 valence electrons. The third-order valence-corrected chi connectivity index (χ3v) is 3.21. The molecular weight excluding hydrogens is 186 g/mol. The van der Waals surface area contributed by atoms with E-state index in [-0.39, 0.29) is 0 Å². The van der Waals surface area contributed by atoms with Gasteiger partial charge in [-0.05, 0) is 32.1 Å². The van der Waals surface area contributed by atoms with Crippen LogP contribution in [0.25, 0.3) is 0 Å². The van der Waals surface area contributed by atoms with E-state index in [1.54, 1.807) is 0 Å². The summed E-state index contributed by atoms with van der Waals surface area (Å²) in [4.78, 5) is 13.4. The van der Waals surface area contributed by atoms with Crippen LogP contribution in [0, 0.1) is 0 Å². The number of rotatable bonds is 0. The van der Waals surface area contributed by atoms with Gasteiger partial charge in [-0.15, -0.1) is 0 Å². The van der Waals surface area contributed by atoms with Crippen molar-refractivity contribution in [1.29, 1.82) is 0 Å². The highest BCUT2D eigenvalue weighted by Gasteiger charge is 2.34.